The third-order valence-electron chi connectivity index (χ3n) is 5.38. The lowest BCUT2D eigenvalue weighted by Crippen LogP contribution is -2.43. The Balaban J connectivity index is 1.79. The molecule has 11 heteroatoms. The van der Waals surface area contributed by atoms with Crippen molar-refractivity contribution in [1.82, 2.24) is 18.7 Å². The quantitative estimate of drug-likeness (QED) is 0.402. The molecule has 10 nitrogen and oxygen atoms in total. The summed E-state index contributed by atoms with van der Waals surface area (Å²) < 4.78 is 8.94. The van der Waals surface area contributed by atoms with Crippen LogP contribution in [0.15, 0.2) is 64.4 Å². The minimum absolute atomic E-state index is 0.159. The van der Waals surface area contributed by atoms with Gasteiger partial charge in [-0.2, -0.15) is 5.26 Å². The number of ether oxygens (including phenoxy) is 1. The van der Waals surface area contributed by atoms with Crippen LogP contribution in [0, 0.1) is 11.3 Å². The lowest BCUT2D eigenvalue weighted by atomic mass is 10.2. The summed E-state index contributed by atoms with van der Waals surface area (Å²) in [6.07, 6.45) is 1.47. The zero-order valence-electron chi connectivity index (χ0n) is 18.8. The van der Waals surface area contributed by atoms with Gasteiger partial charge in [0.15, 0.2) is 11.2 Å². The number of halogens is 1. The van der Waals surface area contributed by atoms with E-state index in [4.69, 9.17) is 16.3 Å². The van der Waals surface area contributed by atoms with Crippen LogP contribution in [0.1, 0.15) is 11.1 Å². The highest BCUT2D eigenvalue weighted by Gasteiger charge is 2.20. The summed E-state index contributed by atoms with van der Waals surface area (Å²) >= 11 is 5.99. The number of anilines is 1. The van der Waals surface area contributed by atoms with Gasteiger partial charge in [-0.3, -0.25) is 14.2 Å². The number of carbonyl (C=O) groups excluding carboxylic acids is 1. The molecule has 178 valence electrons. The zero-order chi connectivity index (χ0) is 24.9. The fourth-order valence-corrected chi connectivity index (χ4v) is 3.87. The van der Waals surface area contributed by atoms with Crippen LogP contribution in [0.25, 0.3) is 11.2 Å². The van der Waals surface area contributed by atoms with Crippen LogP contribution in [0.5, 0.6) is 0 Å². The normalized spacial score (nSPS) is 10.9. The molecule has 0 spiro atoms. The first kappa shape index (κ1) is 23.9. The molecule has 2 heterocycles. The van der Waals surface area contributed by atoms with Crippen molar-refractivity contribution in [1.29, 1.82) is 5.26 Å². The predicted octanol–water partition coefficient (Wildman–Crippen LogP) is 2.22. The number of hydrogen-bond acceptors (Lipinski definition) is 6. The molecule has 35 heavy (non-hydrogen) atoms. The highest BCUT2D eigenvalue weighted by Crippen LogP contribution is 2.20. The Hall–Kier alpha value is -4.20. The topological polar surface area (TPSA) is 124 Å². The highest BCUT2D eigenvalue weighted by molar-refractivity contribution is 6.31. The molecule has 0 aliphatic rings. The number of benzene rings is 2. The van der Waals surface area contributed by atoms with Gasteiger partial charge < -0.3 is 14.6 Å². The minimum atomic E-state index is -0.676. The molecule has 0 radical (unpaired) electrons. The van der Waals surface area contributed by atoms with E-state index in [0.29, 0.717) is 18.2 Å². The second-order valence-electron chi connectivity index (χ2n) is 7.70. The average Bonchev–Trinajstić information content (AvgIpc) is 3.28. The van der Waals surface area contributed by atoms with Gasteiger partial charge in [-0.15, -0.1) is 0 Å². The Morgan fingerprint density at radius 1 is 1.17 bits per heavy atom. The van der Waals surface area contributed by atoms with Crippen LogP contribution in [0.3, 0.4) is 0 Å². The number of fused-ring (bicyclic) bond motifs is 1. The third-order valence-corrected chi connectivity index (χ3v) is 5.62. The maximum atomic E-state index is 13.4. The summed E-state index contributed by atoms with van der Waals surface area (Å²) in [5.74, 6) is -0.656. The zero-order valence-corrected chi connectivity index (χ0v) is 19.5. The number of imidazole rings is 1. The van der Waals surface area contributed by atoms with E-state index in [0.717, 1.165) is 10.1 Å². The molecule has 1 amide bonds. The van der Waals surface area contributed by atoms with Gasteiger partial charge in [-0.25, -0.2) is 14.3 Å². The van der Waals surface area contributed by atoms with Gasteiger partial charge in [0.1, 0.15) is 12.6 Å². The number of rotatable bonds is 8. The van der Waals surface area contributed by atoms with E-state index in [1.807, 2.05) is 36.4 Å². The van der Waals surface area contributed by atoms with Gasteiger partial charge in [0.25, 0.3) is 5.56 Å². The molecule has 4 aromatic rings. The SMILES string of the molecule is COCCn1cnc2c1c(=O)n(CC(=O)Nc1cc(Cl)ccc1C#N)c(=O)n2Cc1ccccc1. The minimum Gasteiger partial charge on any atom is -0.383 e. The Bertz CT molecular complexity index is 1550. The van der Waals surface area contributed by atoms with Gasteiger partial charge in [0, 0.05) is 18.7 Å². The van der Waals surface area contributed by atoms with Gasteiger partial charge in [-0.1, -0.05) is 41.9 Å². The lowest BCUT2D eigenvalue weighted by molar-refractivity contribution is -0.116. The summed E-state index contributed by atoms with van der Waals surface area (Å²) in [7, 11) is 1.54. The number of hydrogen-bond donors (Lipinski definition) is 1. The highest BCUT2D eigenvalue weighted by atomic mass is 35.5. The summed E-state index contributed by atoms with van der Waals surface area (Å²) in [6, 6.07) is 15.6. The molecule has 0 unspecified atom stereocenters. The maximum absolute atomic E-state index is 13.4. The van der Waals surface area contributed by atoms with Gasteiger partial charge >= 0.3 is 5.69 Å². The largest absolute Gasteiger partial charge is 0.383 e. The van der Waals surface area contributed by atoms with Crippen LogP contribution < -0.4 is 16.6 Å². The molecule has 2 aromatic carbocycles. The predicted molar refractivity (Wildman–Crippen MR) is 130 cm³/mol. The van der Waals surface area contributed by atoms with Gasteiger partial charge in [0.2, 0.25) is 5.91 Å². The van der Waals surface area contributed by atoms with E-state index in [1.165, 1.54) is 29.1 Å². The second-order valence-corrected chi connectivity index (χ2v) is 8.13. The fourth-order valence-electron chi connectivity index (χ4n) is 3.70. The van der Waals surface area contributed by atoms with E-state index in [-0.39, 0.29) is 29.0 Å². The first-order valence-corrected chi connectivity index (χ1v) is 11.0. The number of carbonyl (C=O) groups is 1. The van der Waals surface area contributed by atoms with Crippen molar-refractivity contribution in [2.24, 2.45) is 0 Å². The van der Waals surface area contributed by atoms with Crippen molar-refractivity contribution >= 4 is 34.4 Å². The Morgan fingerprint density at radius 2 is 1.94 bits per heavy atom. The molecule has 0 bridgehead atoms. The van der Waals surface area contributed by atoms with E-state index in [1.54, 1.807) is 11.7 Å². The number of aromatic nitrogens is 4. The standard InChI is InChI=1S/C24H21ClN6O4/c1-35-10-9-29-15-27-22-21(29)23(33)31(24(34)30(22)13-16-5-3-2-4-6-16)14-20(32)28-19-11-18(25)8-7-17(19)12-26/h2-8,11,15H,9-10,13-14H2,1H3,(H,28,32). The molecule has 2 aromatic heterocycles. The van der Waals surface area contributed by atoms with Crippen LogP contribution in [-0.2, 0) is 29.2 Å². The van der Waals surface area contributed by atoms with Gasteiger partial charge in [-0.05, 0) is 23.8 Å². The van der Waals surface area contributed by atoms with E-state index >= 15 is 0 Å². The smallest absolute Gasteiger partial charge is 0.333 e. The van der Waals surface area contributed by atoms with Crippen LogP contribution >= 0.6 is 11.6 Å². The lowest BCUT2D eigenvalue weighted by Gasteiger charge is -2.13. The molecule has 0 saturated carbocycles. The Morgan fingerprint density at radius 3 is 2.66 bits per heavy atom. The van der Waals surface area contributed by atoms with Crippen molar-refractivity contribution in [3.8, 4) is 6.07 Å². The number of nitriles is 1. The molecule has 1 N–H and O–H groups in total. The number of methoxy groups -OCH3 is 1. The molecule has 0 aliphatic carbocycles. The molecule has 0 saturated heterocycles. The molecule has 0 atom stereocenters. The molecule has 4 rings (SSSR count). The maximum Gasteiger partial charge on any atom is 0.333 e. The molecular formula is C24H21ClN6O4. The van der Waals surface area contributed by atoms with Crippen molar-refractivity contribution in [3.05, 3.63) is 91.8 Å². The first-order valence-electron chi connectivity index (χ1n) is 10.6. The van der Waals surface area contributed by atoms with Crippen LogP contribution in [-0.4, -0.2) is 38.3 Å². The summed E-state index contributed by atoms with van der Waals surface area (Å²) in [4.78, 5) is 43.9. The molecule has 0 fully saturated rings. The number of nitrogens with zero attached hydrogens (tertiary/aromatic N) is 5. The van der Waals surface area contributed by atoms with Crippen LogP contribution in [0.2, 0.25) is 5.02 Å². The fraction of sp³-hybridized carbons (Fsp3) is 0.208. The monoisotopic (exact) mass is 492 g/mol. The number of nitrogens with one attached hydrogen (secondary N) is 1. The first-order chi connectivity index (χ1) is 16.9. The van der Waals surface area contributed by atoms with Crippen LogP contribution in [0.4, 0.5) is 5.69 Å². The second kappa shape index (κ2) is 10.4. The summed E-state index contributed by atoms with van der Waals surface area (Å²) in [6.45, 7) is 0.266. The van der Waals surface area contributed by atoms with E-state index in [9.17, 15) is 19.6 Å². The molecule has 0 aliphatic heterocycles. The Kier molecular flexibility index (Phi) is 7.10. The number of amides is 1. The average molecular weight is 493 g/mol. The van der Waals surface area contributed by atoms with E-state index < -0.39 is 23.7 Å². The summed E-state index contributed by atoms with van der Waals surface area (Å²) in [5, 5.41) is 12.2. The Labute approximate surface area is 204 Å². The van der Waals surface area contributed by atoms with Crippen molar-refractivity contribution < 1.29 is 9.53 Å². The van der Waals surface area contributed by atoms with E-state index in [2.05, 4.69) is 10.3 Å². The third kappa shape index (κ3) is 5.01. The van der Waals surface area contributed by atoms with Gasteiger partial charge in [0.05, 0.1) is 30.7 Å². The summed E-state index contributed by atoms with van der Waals surface area (Å²) in [5.41, 5.74) is 0.298. The van der Waals surface area contributed by atoms with Crippen molar-refractivity contribution in [2.75, 3.05) is 19.0 Å². The molecular weight excluding hydrogens is 472 g/mol. The van der Waals surface area contributed by atoms with Crippen molar-refractivity contribution in [3.63, 3.8) is 0 Å². The van der Waals surface area contributed by atoms with Crippen molar-refractivity contribution in [2.45, 2.75) is 19.6 Å².